The number of pyridine rings is 1. The molecule has 0 aliphatic carbocycles. The molecule has 0 radical (unpaired) electrons. The van der Waals surface area contributed by atoms with E-state index in [9.17, 15) is 24.6 Å². The Labute approximate surface area is 337 Å². The van der Waals surface area contributed by atoms with Gasteiger partial charge in [-0.2, -0.15) is 0 Å². The topological polar surface area (TPSA) is 190 Å². The quantitative estimate of drug-likeness (QED) is 0.0964. The van der Waals surface area contributed by atoms with Crippen LogP contribution in [0.15, 0.2) is 103 Å². The maximum absolute atomic E-state index is 13.8. The maximum Gasteiger partial charge on any atom is 0.407 e. The zero-order valence-corrected chi connectivity index (χ0v) is 32.8. The Morgan fingerprint density at radius 1 is 0.897 bits per heavy atom. The minimum Gasteiger partial charge on any atom is -0.489 e. The van der Waals surface area contributed by atoms with Gasteiger partial charge in [0.1, 0.15) is 24.5 Å². The maximum atomic E-state index is 13.8. The minimum atomic E-state index is -1.70. The van der Waals surface area contributed by atoms with E-state index in [0.29, 0.717) is 25.4 Å². The third-order valence-electron chi connectivity index (χ3n) is 10.0. The molecule has 6 atom stereocenters. The Hall–Kier alpha value is -5.58. The van der Waals surface area contributed by atoms with Crippen molar-refractivity contribution in [1.29, 1.82) is 0 Å². The summed E-state index contributed by atoms with van der Waals surface area (Å²) in [4.78, 5) is 43.8. The lowest BCUT2D eigenvalue weighted by molar-refractivity contribution is -0.134. The van der Waals surface area contributed by atoms with Gasteiger partial charge in [-0.25, -0.2) is 14.6 Å². The second kappa shape index (κ2) is 19.7. The molecule has 2 aliphatic heterocycles. The number of carbonyl (C=O) groups is 3. The van der Waals surface area contributed by atoms with Crippen LogP contribution in [0.5, 0.6) is 5.75 Å². The zero-order valence-electron chi connectivity index (χ0n) is 32.8. The number of aromatic nitrogens is 1. The van der Waals surface area contributed by atoms with Gasteiger partial charge in [-0.3, -0.25) is 15.2 Å². The highest BCUT2D eigenvalue weighted by atomic mass is 16.7. The van der Waals surface area contributed by atoms with Crippen LogP contribution in [0.3, 0.4) is 0 Å². The van der Waals surface area contributed by atoms with Crippen LogP contribution in [-0.4, -0.2) is 101 Å². The smallest absolute Gasteiger partial charge is 0.407 e. The van der Waals surface area contributed by atoms with Gasteiger partial charge < -0.3 is 44.5 Å². The summed E-state index contributed by atoms with van der Waals surface area (Å²) < 4.78 is 27.7. The molecule has 15 heteroatoms. The Bertz CT molecular complexity index is 1930. The second-order valence-electron chi connectivity index (χ2n) is 14.9. The molecule has 15 nitrogen and oxygen atoms in total. The van der Waals surface area contributed by atoms with Crippen molar-refractivity contribution in [1.82, 2.24) is 26.1 Å². The summed E-state index contributed by atoms with van der Waals surface area (Å²) in [5, 5.41) is 29.5. The fraction of sp³-hybridized carbons (Fsp3) is 0.395. The first kappa shape index (κ1) is 42.0. The second-order valence-corrected chi connectivity index (χ2v) is 14.9. The van der Waals surface area contributed by atoms with Crippen molar-refractivity contribution in [2.75, 3.05) is 26.9 Å². The number of carbonyl (C=O) groups excluding carboxylic acids is 3. The molecule has 3 amide bonds. The van der Waals surface area contributed by atoms with Crippen LogP contribution < -0.4 is 20.8 Å². The van der Waals surface area contributed by atoms with Crippen LogP contribution in [0, 0.1) is 5.92 Å². The molecular weight excluding hydrogens is 746 g/mol. The average molecular weight is 798 g/mol. The minimum absolute atomic E-state index is 0.0883. The molecule has 0 spiro atoms. The number of fused-ring (bicyclic) bond motifs is 1. The van der Waals surface area contributed by atoms with E-state index in [1.165, 1.54) is 18.9 Å². The van der Waals surface area contributed by atoms with Crippen molar-refractivity contribution in [3.8, 4) is 17.0 Å². The van der Waals surface area contributed by atoms with Crippen LogP contribution in [0.2, 0.25) is 0 Å². The normalized spacial score (nSPS) is 19.0. The molecule has 2 fully saturated rings. The third kappa shape index (κ3) is 11.7. The predicted molar refractivity (Wildman–Crippen MR) is 212 cm³/mol. The van der Waals surface area contributed by atoms with Gasteiger partial charge in [-0.05, 0) is 67.6 Å². The molecule has 1 aromatic heterocycles. The van der Waals surface area contributed by atoms with Crippen LogP contribution in [0.4, 0.5) is 9.59 Å². The van der Waals surface area contributed by atoms with E-state index in [2.05, 4.69) is 21.0 Å². The molecule has 0 saturated carbocycles. The number of nitrogens with one attached hydrogen (secondary N) is 3. The molecule has 2 aliphatic rings. The van der Waals surface area contributed by atoms with E-state index in [1.807, 2.05) is 97.1 Å². The van der Waals surface area contributed by atoms with Gasteiger partial charge in [-0.1, -0.05) is 72.8 Å². The Morgan fingerprint density at radius 3 is 2.31 bits per heavy atom. The van der Waals surface area contributed by atoms with Gasteiger partial charge in [0.2, 0.25) is 0 Å². The highest BCUT2D eigenvalue weighted by molar-refractivity contribution is 5.86. The standard InChI is InChI=1S/C43H51N5O10/c1-43(2,53)38(46-41(51)54-3)39(50)47-48(24-29-12-16-31(17-13-29)34-11-7-8-21-44-34)25-36(49)35(45-42(52)58-37-27-57-40-33(37)20-22-55-40)23-28-14-18-32(19-15-28)56-26-30-9-5-4-6-10-30/h4-19,21,33,35-38,40,49,53H,20,22-27H2,1-3H3,(H,45,52)(H,46,51)(H,47,50). The molecule has 0 bridgehead atoms. The molecule has 58 heavy (non-hydrogen) atoms. The highest BCUT2D eigenvalue weighted by Gasteiger charge is 2.44. The van der Waals surface area contributed by atoms with Gasteiger partial charge in [-0.15, -0.1) is 0 Å². The predicted octanol–water partition coefficient (Wildman–Crippen LogP) is 4.12. The van der Waals surface area contributed by atoms with Gasteiger partial charge >= 0.3 is 12.2 Å². The van der Waals surface area contributed by atoms with Crippen LogP contribution in [-0.2, 0) is 43.3 Å². The summed E-state index contributed by atoms with van der Waals surface area (Å²) in [6.45, 7) is 3.75. The van der Waals surface area contributed by atoms with E-state index in [1.54, 1.807) is 6.20 Å². The zero-order chi connectivity index (χ0) is 41.1. The van der Waals surface area contributed by atoms with Crippen LogP contribution in [0.1, 0.15) is 37.0 Å². The number of ether oxygens (including phenoxy) is 5. The first-order chi connectivity index (χ1) is 27.9. The number of aliphatic hydroxyl groups is 2. The number of hydrogen-bond donors (Lipinski definition) is 5. The van der Waals surface area contributed by atoms with Gasteiger partial charge in [0.25, 0.3) is 5.91 Å². The van der Waals surface area contributed by atoms with Gasteiger partial charge in [0.05, 0.1) is 49.7 Å². The summed E-state index contributed by atoms with van der Waals surface area (Å²) in [5.41, 5.74) is 5.31. The Kier molecular flexibility index (Phi) is 14.3. The largest absolute Gasteiger partial charge is 0.489 e. The lowest BCUT2D eigenvalue weighted by Crippen LogP contribution is -2.61. The molecule has 2 saturated heterocycles. The molecule has 3 heterocycles. The van der Waals surface area contributed by atoms with Crippen molar-refractivity contribution >= 4 is 18.1 Å². The van der Waals surface area contributed by atoms with Gasteiger partial charge in [0, 0.05) is 24.8 Å². The summed E-state index contributed by atoms with van der Waals surface area (Å²) >= 11 is 0. The molecule has 6 unspecified atom stereocenters. The van der Waals surface area contributed by atoms with E-state index in [-0.39, 0.29) is 32.0 Å². The lowest BCUT2D eigenvalue weighted by atomic mass is 9.98. The molecule has 3 aromatic carbocycles. The fourth-order valence-electron chi connectivity index (χ4n) is 6.87. The van der Waals surface area contributed by atoms with Gasteiger partial charge in [0.15, 0.2) is 6.29 Å². The number of hydrazine groups is 1. The number of amides is 3. The summed E-state index contributed by atoms with van der Waals surface area (Å²) in [6, 6.07) is 28.0. The molecule has 5 N–H and O–H groups in total. The lowest BCUT2D eigenvalue weighted by Gasteiger charge is -2.34. The number of nitrogens with zero attached hydrogens (tertiary/aromatic N) is 2. The van der Waals surface area contributed by atoms with Crippen molar-refractivity contribution < 1.29 is 48.3 Å². The number of rotatable bonds is 17. The highest BCUT2D eigenvalue weighted by Crippen LogP contribution is 2.33. The average Bonchev–Trinajstić information content (AvgIpc) is 3.85. The van der Waals surface area contributed by atoms with E-state index < -0.39 is 54.3 Å². The molecule has 4 aromatic rings. The van der Waals surface area contributed by atoms with E-state index >= 15 is 0 Å². The fourth-order valence-corrected chi connectivity index (χ4v) is 6.87. The van der Waals surface area contributed by atoms with Crippen molar-refractivity contribution in [2.24, 2.45) is 5.92 Å². The van der Waals surface area contributed by atoms with Crippen molar-refractivity contribution in [3.05, 3.63) is 120 Å². The number of hydrogen-bond acceptors (Lipinski definition) is 12. The molecule has 6 rings (SSSR count). The number of benzene rings is 3. The first-order valence-electron chi connectivity index (χ1n) is 19.2. The molecular formula is C43H51N5O10. The summed E-state index contributed by atoms with van der Waals surface area (Å²) in [6.07, 6.45) is -1.29. The number of alkyl carbamates (subject to hydrolysis) is 2. The third-order valence-corrected chi connectivity index (χ3v) is 10.0. The van der Waals surface area contributed by atoms with Crippen LogP contribution >= 0.6 is 0 Å². The van der Waals surface area contributed by atoms with Crippen molar-refractivity contribution in [3.63, 3.8) is 0 Å². The van der Waals surface area contributed by atoms with Crippen molar-refractivity contribution in [2.45, 2.75) is 76.0 Å². The summed E-state index contributed by atoms with van der Waals surface area (Å²) in [7, 11) is 1.15. The first-order valence-corrected chi connectivity index (χ1v) is 19.2. The van der Waals surface area contributed by atoms with E-state index in [0.717, 1.165) is 35.1 Å². The number of methoxy groups -OCH3 is 1. The molecule has 308 valence electrons. The summed E-state index contributed by atoms with van der Waals surface area (Å²) in [5.74, 6) is -0.203. The Morgan fingerprint density at radius 2 is 1.62 bits per heavy atom. The van der Waals surface area contributed by atoms with Crippen LogP contribution in [0.25, 0.3) is 11.3 Å². The number of aliphatic hydroxyl groups excluding tert-OH is 1. The van der Waals surface area contributed by atoms with E-state index in [4.69, 9.17) is 23.7 Å². The Balaban J connectivity index is 1.21. The monoisotopic (exact) mass is 797 g/mol. The SMILES string of the molecule is COC(=O)NC(C(=O)NN(Cc1ccc(-c2ccccn2)cc1)CC(O)C(Cc1ccc(OCc2ccccc2)cc1)NC(=O)OC1COC2OCCC12)C(C)(C)O.